The highest BCUT2D eigenvalue weighted by Crippen LogP contribution is 2.40. The molecule has 0 aliphatic carbocycles. The van der Waals surface area contributed by atoms with Gasteiger partial charge in [-0.2, -0.15) is 0 Å². The number of oxazole rings is 1. The topological polar surface area (TPSA) is 51.8 Å². The molecule has 2 heterocycles. The molecular weight excluding hydrogens is 526 g/mol. The van der Waals surface area contributed by atoms with Gasteiger partial charge in [-0.15, -0.1) is 10.2 Å². The lowest BCUT2D eigenvalue weighted by molar-refractivity contribution is 0.620. The van der Waals surface area contributed by atoms with Crippen molar-refractivity contribution in [3.05, 3.63) is 152 Å². The Morgan fingerprint density at radius 1 is 0.442 bits per heavy atom. The van der Waals surface area contributed by atoms with Gasteiger partial charge in [-0.1, -0.05) is 115 Å². The van der Waals surface area contributed by atoms with Crippen LogP contribution in [0.3, 0.4) is 0 Å². The molecule has 43 heavy (non-hydrogen) atoms. The fraction of sp³-hybridized carbons (Fsp3) is 0. The van der Waals surface area contributed by atoms with E-state index in [1.165, 1.54) is 16.3 Å². The van der Waals surface area contributed by atoms with Gasteiger partial charge < -0.3 is 4.42 Å². The zero-order chi connectivity index (χ0) is 28.6. The number of benzene rings is 6. The maximum absolute atomic E-state index is 6.23. The largest absolute Gasteiger partial charge is 0.436 e. The Morgan fingerprint density at radius 2 is 1.05 bits per heavy atom. The summed E-state index contributed by atoms with van der Waals surface area (Å²) >= 11 is 0. The first-order valence-corrected chi connectivity index (χ1v) is 14.3. The van der Waals surface area contributed by atoms with E-state index < -0.39 is 0 Å². The number of hydrogen-bond donors (Lipinski definition) is 0. The van der Waals surface area contributed by atoms with Crippen molar-refractivity contribution in [3.63, 3.8) is 0 Å². The van der Waals surface area contributed by atoms with Crippen molar-refractivity contribution < 1.29 is 4.42 Å². The first kappa shape index (κ1) is 24.9. The second-order valence-corrected chi connectivity index (χ2v) is 10.5. The Kier molecular flexibility index (Phi) is 6.08. The van der Waals surface area contributed by atoms with Crippen LogP contribution < -0.4 is 0 Å². The molecule has 0 saturated heterocycles. The third-order valence-corrected chi connectivity index (χ3v) is 7.85. The minimum Gasteiger partial charge on any atom is -0.436 e. The molecule has 6 aromatic carbocycles. The van der Waals surface area contributed by atoms with E-state index in [1.807, 2.05) is 78.9 Å². The van der Waals surface area contributed by atoms with Crippen LogP contribution in [0.25, 0.3) is 78.1 Å². The summed E-state index contributed by atoms with van der Waals surface area (Å²) in [5, 5.41) is 11.4. The predicted molar refractivity (Wildman–Crippen MR) is 174 cm³/mol. The van der Waals surface area contributed by atoms with Crippen molar-refractivity contribution in [2.45, 2.75) is 0 Å². The van der Waals surface area contributed by atoms with E-state index in [-0.39, 0.29) is 0 Å². The number of fused-ring (bicyclic) bond motifs is 2. The monoisotopic (exact) mass is 551 g/mol. The quantitative estimate of drug-likeness (QED) is 0.214. The predicted octanol–water partition coefficient (Wildman–Crippen LogP) is 10.1. The summed E-state index contributed by atoms with van der Waals surface area (Å²) in [6.45, 7) is 0. The van der Waals surface area contributed by atoms with Crippen LogP contribution in [-0.4, -0.2) is 15.2 Å². The van der Waals surface area contributed by atoms with Crippen molar-refractivity contribution in [2.24, 2.45) is 0 Å². The average molecular weight is 552 g/mol. The molecule has 0 aliphatic rings. The van der Waals surface area contributed by atoms with E-state index in [1.54, 1.807) is 0 Å². The molecule has 0 aliphatic heterocycles. The van der Waals surface area contributed by atoms with Gasteiger partial charge in [0.1, 0.15) is 5.52 Å². The lowest BCUT2D eigenvalue weighted by atomic mass is 9.89. The van der Waals surface area contributed by atoms with E-state index in [4.69, 9.17) is 9.40 Å². The van der Waals surface area contributed by atoms with Crippen LogP contribution in [0.2, 0.25) is 0 Å². The van der Waals surface area contributed by atoms with Gasteiger partial charge in [-0.3, -0.25) is 0 Å². The van der Waals surface area contributed by atoms with E-state index in [9.17, 15) is 0 Å². The molecule has 0 unspecified atom stereocenters. The molecule has 0 amide bonds. The zero-order valence-electron chi connectivity index (χ0n) is 23.2. The van der Waals surface area contributed by atoms with Gasteiger partial charge in [0.05, 0.1) is 11.4 Å². The minimum absolute atomic E-state index is 0.627. The van der Waals surface area contributed by atoms with Crippen LogP contribution >= 0.6 is 0 Å². The molecule has 0 spiro atoms. The molecule has 0 atom stereocenters. The molecule has 8 rings (SSSR count). The molecule has 4 heteroatoms. The Balaban J connectivity index is 1.19. The van der Waals surface area contributed by atoms with Crippen molar-refractivity contribution >= 4 is 21.9 Å². The number of nitrogens with zero attached hydrogens (tertiary/aromatic N) is 3. The highest BCUT2D eigenvalue weighted by Gasteiger charge is 2.15. The van der Waals surface area contributed by atoms with Crippen molar-refractivity contribution in [1.82, 2.24) is 15.2 Å². The van der Waals surface area contributed by atoms with Crippen LogP contribution in [-0.2, 0) is 0 Å². The minimum atomic E-state index is 0.627. The maximum atomic E-state index is 6.23. The number of hydrogen-bond acceptors (Lipinski definition) is 4. The van der Waals surface area contributed by atoms with Crippen LogP contribution in [0.15, 0.2) is 156 Å². The van der Waals surface area contributed by atoms with E-state index >= 15 is 0 Å². The lowest BCUT2D eigenvalue weighted by Crippen LogP contribution is -1.91. The van der Waals surface area contributed by atoms with Crippen molar-refractivity contribution in [2.75, 3.05) is 0 Å². The standard InChI is InChI=1S/C39H25N3O/c1-3-10-27(11-4-1)34-23-24-35(42-41-34)28-15-17-29(18-16-28)38-32-14-8-7-9-26(32)19-21-33(38)31-20-22-36-37(25-31)43-39(40-36)30-12-5-2-6-13-30/h1-25H. The van der Waals surface area contributed by atoms with E-state index in [0.717, 1.165) is 55.9 Å². The average Bonchev–Trinajstić information content (AvgIpc) is 3.53. The number of rotatable bonds is 5. The molecule has 0 radical (unpaired) electrons. The third-order valence-electron chi connectivity index (χ3n) is 7.85. The molecule has 0 fully saturated rings. The molecule has 0 N–H and O–H groups in total. The fourth-order valence-corrected chi connectivity index (χ4v) is 5.68. The maximum Gasteiger partial charge on any atom is 0.227 e. The summed E-state index contributed by atoms with van der Waals surface area (Å²) < 4.78 is 6.23. The van der Waals surface area contributed by atoms with Gasteiger partial charge in [0.2, 0.25) is 5.89 Å². The summed E-state index contributed by atoms with van der Waals surface area (Å²) in [5.41, 5.74) is 10.9. The Morgan fingerprint density at radius 3 is 1.77 bits per heavy atom. The van der Waals surface area contributed by atoms with Crippen LogP contribution in [0, 0.1) is 0 Å². The van der Waals surface area contributed by atoms with Crippen molar-refractivity contribution in [1.29, 1.82) is 0 Å². The van der Waals surface area contributed by atoms with Crippen LogP contribution in [0.5, 0.6) is 0 Å². The highest BCUT2D eigenvalue weighted by atomic mass is 16.3. The van der Waals surface area contributed by atoms with E-state index in [0.29, 0.717) is 5.89 Å². The SMILES string of the molecule is c1ccc(-c2ccc(-c3ccc(-c4c(-c5ccc6nc(-c7ccccc7)oc6c5)ccc5ccccc45)cc3)nn2)cc1. The normalized spacial score (nSPS) is 11.3. The van der Waals surface area contributed by atoms with Crippen LogP contribution in [0.1, 0.15) is 0 Å². The third kappa shape index (κ3) is 4.65. The summed E-state index contributed by atoms with van der Waals surface area (Å²) in [6.07, 6.45) is 0. The molecular formula is C39H25N3O. The second kappa shape index (κ2) is 10.5. The fourth-order valence-electron chi connectivity index (χ4n) is 5.68. The lowest BCUT2D eigenvalue weighted by Gasteiger charge is -2.15. The summed E-state index contributed by atoms with van der Waals surface area (Å²) in [4.78, 5) is 4.73. The Labute approximate surface area is 249 Å². The molecule has 8 aromatic rings. The molecule has 0 bridgehead atoms. The molecule has 202 valence electrons. The van der Waals surface area contributed by atoms with E-state index in [2.05, 4.69) is 83.0 Å². The Bertz CT molecular complexity index is 2200. The second-order valence-electron chi connectivity index (χ2n) is 10.5. The number of aromatic nitrogens is 3. The molecule has 4 nitrogen and oxygen atoms in total. The van der Waals surface area contributed by atoms with Gasteiger partial charge >= 0.3 is 0 Å². The van der Waals surface area contributed by atoms with Crippen LogP contribution in [0.4, 0.5) is 0 Å². The Hall–Kier alpha value is -5.87. The summed E-state index contributed by atoms with van der Waals surface area (Å²) in [7, 11) is 0. The van der Waals surface area contributed by atoms with Crippen molar-refractivity contribution in [3.8, 4) is 56.2 Å². The highest BCUT2D eigenvalue weighted by molar-refractivity contribution is 6.05. The summed E-state index contributed by atoms with van der Waals surface area (Å²) in [6, 6.07) is 52.0. The van der Waals surface area contributed by atoms with Gasteiger partial charge in [-0.25, -0.2) is 4.98 Å². The molecule has 2 aromatic heterocycles. The smallest absolute Gasteiger partial charge is 0.227 e. The van der Waals surface area contributed by atoms with Gasteiger partial charge in [-0.05, 0) is 69.4 Å². The first-order chi connectivity index (χ1) is 21.3. The first-order valence-electron chi connectivity index (χ1n) is 14.3. The van der Waals surface area contributed by atoms with Gasteiger partial charge in [0, 0.05) is 16.7 Å². The zero-order valence-corrected chi connectivity index (χ0v) is 23.2. The molecule has 0 saturated carbocycles. The van der Waals surface area contributed by atoms with Gasteiger partial charge in [0.25, 0.3) is 0 Å². The summed E-state index contributed by atoms with van der Waals surface area (Å²) in [5.74, 6) is 0.627. The van der Waals surface area contributed by atoms with Gasteiger partial charge in [0.15, 0.2) is 5.58 Å².